The maximum absolute atomic E-state index is 11.9. The topological polar surface area (TPSA) is 56.1 Å². The summed E-state index contributed by atoms with van der Waals surface area (Å²) in [6.07, 6.45) is 7.69. The van der Waals surface area contributed by atoms with Crippen molar-refractivity contribution in [2.75, 3.05) is 6.54 Å². The van der Waals surface area contributed by atoms with Crippen LogP contribution in [-0.2, 0) is 0 Å². The van der Waals surface area contributed by atoms with E-state index in [1.165, 1.54) is 19.3 Å². The Kier molecular flexibility index (Phi) is 3.66. The minimum absolute atomic E-state index is 0.0315. The number of carbonyl (C=O) groups is 1. The number of nitriles is 1. The van der Waals surface area contributed by atoms with Gasteiger partial charge >= 0.3 is 6.03 Å². The molecule has 2 amide bonds. The first kappa shape index (κ1) is 11.3. The van der Waals surface area contributed by atoms with Gasteiger partial charge in [0.05, 0.1) is 6.07 Å². The number of likely N-dealkylation sites (tertiary alicyclic amines) is 1. The molecule has 4 nitrogen and oxygen atoms in total. The van der Waals surface area contributed by atoms with Crippen LogP contribution < -0.4 is 5.32 Å². The van der Waals surface area contributed by atoms with Crippen molar-refractivity contribution < 1.29 is 4.79 Å². The van der Waals surface area contributed by atoms with E-state index in [2.05, 4.69) is 11.4 Å². The third-order valence-corrected chi connectivity index (χ3v) is 3.60. The second-order valence-electron chi connectivity index (χ2n) is 4.76. The zero-order valence-corrected chi connectivity index (χ0v) is 9.61. The molecule has 2 fully saturated rings. The maximum Gasteiger partial charge on any atom is 0.318 e. The molecule has 1 saturated heterocycles. The fourth-order valence-electron chi connectivity index (χ4n) is 2.65. The van der Waals surface area contributed by atoms with Crippen LogP contribution in [0.5, 0.6) is 0 Å². The average molecular weight is 221 g/mol. The lowest BCUT2D eigenvalue weighted by molar-refractivity contribution is 0.193. The van der Waals surface area contributed by atoms with E-state index in [1.807, 2.05) is 0 Å². The summed E-state index contributed by atoms with van der Waals surface area (Å²) < 4.78 is 0. The SMILES string of the molecule is N#CC1CCCN1C(=O)NC1CCCCC1. The Bertz CT molecular complexity index is 291. The summed E-state index contributed by atoms with van der Waals surface area (Å²) >= 11 is 0. The Labute approximate surface area is 96.6 Å². The number of nitrogens with zero attached hydrogens (tertiary/aromatic N) is 2. The molecule has 1 saturated carbocycles. The van der Waals surface area contributed by atoms with Crippen LogP contribution in [0.3, 0.4) is 0 Å². The van der Waals surface area contributed by atoms with Crippen LogP contribution in [0.4, 0.5) is 4.79 Å². The molecular weight excluding hydrogens is 202 g/mol. The van der Waals surface area contributed by atoms with Crippen molar-refractivity contribution in [1.29, 1.82) is 5.26 Å². The highest BCUT2D eigenvalue weighted by atomic mass is 16.2. The molecule has 0 aromatic rings. The number of amides is 2. The third kappa shape index (κ3) is 2.46. The molecule has 16 heavy (non-hydrogen) atoms. The molecule has 0 bridgehead atoms. The van der Waals surface area contributed by atoms with E-state index in [-0.39, 0.29) is 12.1 Å². The van der Waals surface area contributed by atoms with Crippen molar-refractivity contribution in [3.63, 3.8) is 0 Å². The predicted octanol–water partition coefficient (Wildman–Crippen LogP) is 2.02. The smallest absolute Gasteiger partial charge is 0.318 e. The van der Waals surface area contributed by atoms with Gasteiger partial charge in [0.25, 0.3) is 0 Å². The second-order valence-corrected chi connectivity index (χ2v) is 4.76. The molecule has 1 heterocycles. The first-order valence-electron chi connectivity index (χ1n) is 6.28. The van der Waals surface area contributed by atoms with Gasteiger partial charge in [-0.3, -0.25) is 0 Å². The van der Waals surface area contributed by atoms with Crippen molar-refractivity contribution in [3.05, 3.63) is 0 Å². The fraction of sp³-hybridized carbons (Fsp3) is 0.833. The summed E-state index contributed by atoms with van der Waals surface area (Å²) in [5, 5.41) is 12.0. The first-order chi connectivity index (χ1) is 7.81. The van der Waals surface area contributed by atoms with Crippen molar-refractivity contribution in [2.24, 2.45) is 0 Å². The van der Waals surface area contributed by atoms with E-state index in [0.29, 0.717) is 6.04 Å². The molecule has 0 aromatic carbocycles. The van der Waals surface area contributed by atoms with Crippen LogP contribution in [-0.4, -0.2) is 29.6 Å². The van der Waals surface area contributed by atoms with Crippen molar-refractivity contribution in [1.82, 2.24) is 10.2 Å². The van der Waals surface area contributed by atoms with E-state index < -0.39 is 0 Å². The normalized spacial score (nSPS) is 26.4. The molecule has 1 aliphatic heterocycles. The zero-order valence-electron chi connectivity index (χ0n) is 9.61. The van der Waals surface area contributed by atoms with Gasteiger partial charge in [-0.15, -0.1) is 0 Å². The molecule has 0 spiro atoms. The highest BCUT2D eigenvalue weighted by Crippen LogP contribution is 2.20. The highest BCUT2D eigenvalue weighted by Gasteiger charge is 2.29. The highest BCUT2D eigenvalue weighted by molar-refractivity contribution is 5.75. The molecule has 0 radical (unpaired) electrons. The standard InChI is InChI=1S/C12H19N3O/c13-9-11-7-4-8-15(11)12(16)14-10-5-2-1-3-6-10/h10-11H,1-8H2,(H,14,16). The Morgan fingerprint density at radius 1 is 1.19 bits per heavy atom. The molecular formula is C12H19N3O. The molecule has 1 aliphatic carbocycles. The lowest BCUT2D eigenvalue weighted by Gasteiger charge is -2.27. The zero-order chi connectivity index (χ0) is 11.4. The summed E-state index contributed by atoms with van der Waals surface area (Å²) in [6, 6.07) is 2.30. The van der Waals surface area contributed by atoms with Crippen molar-refractivity contribution >= 4 is 6.03 Å². The van der Waals surface area contributed by atoms with E-state index in [0.717, 1.165) is 32.2 Å². The Hall–Kier alpha value is -1.24. The molecule has 0 aromatic heterocycles. The van der Waals surface area contributed by atoms with Crippen LogP contribution in [0.2, 0.25) is 0 Å². The van der Waals surface area contributed by atoms with Crippen LogP contribution in [0.25, 0.3) is 0 Å². The van der Waals surface area contributed by atoms with E-state index in [4.69, 9.17) is 5.26 Å². The quantitative estimate of drug-likeness (QED) is 0.736. The number of rotatable bonds is 1. The lowest BCUT2D eigenvalue weighted by atomic mass is 9.96. The minimum atomic E-state index is -0.205. The first-order valence-corrected chi connectivity index (χ1v) is 6.28. The summed E-state index contributed by atoms with van der Waals surface area (Å²) in [5.74, 6) is 0. The molecule has 4 heteroatoms. The predicted molar refractivity (Wildman–Crippen MR) is 60.7 cm³/mol. The van der Waals surface area contributed by atoms with Gasteiger partial charge in [0.15, 0.2) is 0 Å². The van der Waals surface area contributed by atoms with Crippen LogP contribution in [0, 0.1) is 11.3 Å². The fourth-order valence-corrected chi connectivity index (χ4v) is 2.65. The minimum Gasteiger partial charge on any atom is -0.335 e. The van der Waals surface area contributed by atoms with Gasteiger partial charge in [0.1, 0.15) is 6.04 Å². The Morgan fingerprint density at radius 2 is 1.94 bits per heavy atom. The van der Waals surface area contributed by atoms with E-state index in [1.54, 1.807) is 4.90 Å². The third-order valence-electron chi connectivity index (χ3n) is 3.60. The number of nitrogens with one attached hydrogen (secondary N) is 1. The van der Waals surface area contributed by atoms with Gasteiger partial charge in [-0.05, 0) is 25.7 Å². The number of hydrogen-bond donors (Lipinski definition) is 1. The Balaban J connectivity index is 1.85. The lowest BCUT2D eigenvalue weighted by Crippen LogP contribution is -2.47. The Morgan fingerprint density at radius 3 is 2.62 bits per heavy atom. The maximum atomic E-state index is 11.9. The van der Waals surface area contributed by atoms with Gasteiger partial charge in [0, 0.05) is 12.6 Å². The van der Waals surface area contributed by atoms with E-state index in [9.17, 15) is 4.79 Å². The van der Waals surface area contributed by atoms with Crippen molar-refractivity contribution in [2.45, 2.75) is 57.0 Å². The van der Waals surface area contributed by atoms with Crippen LogP contribution >= 0.6 is 0 Å². The average Bonchev–Trinajstić information content (AvgIpc) is 2.78. The molecule has 1 N–H and O–H groups in total. The van der Waals surface area contributed by atoms with Crippen LogP contribution in [0.15, 0.2) is 0 Å². The van der Waals surface area contributed by atoms with Gasteiger partial charge < -0.3 is 10.2 Å². The molecule has 88 valence electrons. The summed E-state index contributed by atoms with van der Waals surface area (Å²) in [7, 11) is 0. The molecule has 1 atom stereocenters. The van der Waals surface area contributed by atoms with Crippen molar-refractivity contribution in [3.8, 4) is 6.07 Å². The summed E-state index contributed by atoms with van der Waals surface area (Å²) in [4.78, 5) is 13.6. The second kappa shape index (κ2) is 5.20. The summed E-state index contributed by atoms with van der Waals surface area (Å²) in [5.41, 5.74) is 0. The number of hydrogen-bond acceptors (Lipinski definition) is 2. The molecule has 1 unspecified atom stereocenters. The number of carbonyl (C=O) groups excluding carboxylic acids is 1. The van der Waals surface area contributed by atoms with Gasteiger partial charge in [-0.2, -0.15) is 5.26 Å². The molecule has 2 aliphatic rings. The van der Waals surface area contributed by atoms with E-state index >= 15 is 0 Å². The van der Waals surface area contributed by atoms with Gasteiger partial charge in [-0.1, -0.05) is 19.3 Å². The van der Waals surface area contributed by atoms with Gasteiger partial charge in [0.2, 0.25) is 0 Å². The van der Waals surface area contributed by atoms with Gasteiger partial charge in [-0.25, -0.2) is 4.79 Å². The number of urea groups is 1. The monoisotopic (exact) mass is 221 g/mol. The van der Waals surface area contributed by atoms with Crippen LogP contribution in [0.1, 0.15) is 44.9 Å². The summed E-state index contributed by atoms with van der Waals surface area (Å²) in [6.45, 7) is 0.733. The largest absolute Gasteiger partial charge is 0.335 e. The molecule has 2 rings (SSSR count).